The maximum atomic E-state index is 10.9. The third-order valence-electron chi connectivity index (χ3n) is 2.05. The highest BCUT2D eigenvalue weighted by atomic mass is 32.1. The Labute approximate surface area is 102 Å². The zero-order valence-electron chi connectivity index (χ0n) is 9.40. The summed E-state index contributed by atoms with van der Waals surface area (Å²) in [5.41, 5.74) is 0.851. The van der Waals surface area contributed by atoms with Crippen molar-refractivity contribution in [2.45, 2.75) is 13.5 Å². The van der Waals surface area contributed by atoms with E-state index in [1.54, 1.807) is 11.4 Å². The fraction of sp³-hybridized carbons (Fsp3) is 0.273. The Morgan fingerprint density at radius 2 is 2.41 bits per heavy atom. The van der Waals surface area contributed by atoms with Crippen molar-refractivity contribution in [3.05, 3.63) is 38.9 Å². The SMILES string of the molecule is CCOc1cccc(NCc2csc(=O)[nH]2)n1. The van der Waals surface area contributed by atoms with Crippen LogP contribution in [0.1, 0.15) is 12.6 Å². The molecule has 2 heterocycles. The molecule has 0 aromatic carbocycles. The number of anilines is 1. The molecular weight excluding hydrogens is 238 g/mol. The molecule has 0 unspecified atom stereocenters. The van der Waals surface area contributed by atoms with Crippen molar-refractivity contribution >= 4 is 17.2 Å². The van der Waals surface area contributed by atoms with Gasteiger partial charge in [0, 0.05) is 17.1 Å². The van der Waals surface area contributed by atoms with Crippen LogP contribution in [0.2, 0.25) is 0 Å². The summed E-state index contributed by atoms with van der Waals surface area (Å²) in [4.78, 5) is 17.9. The molecule has 90 valence electrons. The van der Waals surface area contributed by atoms with Gasteiger partial charge in [-0.2, -0.15) is 4.98 Å². The third-order valence-corrected chi connectivity index (χ3v) is 2.77. The molecule has 0 aliphatic heterocycles. The first kappa shape index (κ1) is 11.7. The molecule has 0 radical (unpaired) electrons. The van der Waals surface area contributed by atoms with Crippen LogP contribution in [-0.2, 0) is 6.54 Å². The third kappa shape index (κ3) is 3.32. The molecule has 0 aliphatic carbocycles. The van der Waals surface area contributed by atoms with E-state index in [-0.39, 0.29) is 4.87 Å². The highest BCUT2D eigenvalue weighted by molar-refractivity contribution is 7.07. The monoisotopic (exact) mass is 251 g/mol. The number of aromatic nitrogens is 2. The van der Waals surface area contributed by atoms with Crippen LogP contribution in [0.15, 0.2) is 28.4 Å². The van der Waals surface area contributed by atoms with Crippen molar-refractivity contribution in [1.82, 2.24) is 9.97 Å². The molecule has 0 fully saturated rings. The minimum absolute atomic E-state index is 0.0437. The molecule has 0 atom stereocenters. The molecule has 2 rings (SSSR count). The molecule has 2 aromatic heterocycles. The van der Waals surface area contributed by atoms with Gasteiger partial charge in [0.2, 0.25) is 5.88 Å². The molecule has 6 heteroatoms. The number of nitrogens with zero attached hydrogens (tertiary/aromatic N) is 1. The lowest BCUT2D eigenvalue weighted by atomic mass is 10.4. The molecule has 5 nitrogen and oxygen atoms in total. The van der Waals surface area contributed by atoms with Gasteiger partial charge in [-0.1, -0.05) is 17.4 Å². The van der Waals surface area contributed by atoms with Gasteiger partial charge >= 0.3 is 4.87 Å². The van der Waals surface area contributed by atoms with Gasteiger partial charge < -0.3 is 15.0 Å². The number of nitrogens with one attached hydrogen (secondary N) is 2. The highest BCUT2D eigenvalue weighted by Gasteiger charge is 1.99. The van der Waals surface area contributed by atoms with Crippen LogP contribution in [0.4, 0.5) is 5.82 Å². The smallest absolute Gasteiger partial charge is 0.304 e. The zero-order chi connectivity index (χ0) is 12.1. The standard InChI is InChI=1S/C11H13N3O2S/c1-2-16-10-5-3-4-9(14-10)12-6-8-7-17-11(15)13-8/h3-5,7H,2,6H2,1H3,(H,12,14)(H,13,15). The summed E-state index contributed by atoms with van der Waals surface area (Å²) in [5.74, 6) is 1.32. The summed E-state index contributed by atoms with van der Waals surface area (Å²) in [6.07, 6.45) is 0. The average molecular weight is 251 g/mol. The van der Waals surface area contributed by atoms with E-state index in [0.29, 0.717) is 19.0 Å². The van der Waals surface area contributed by atoms with Crippen molar-refractivity contribution < 1.29 is 4.74 Å². The summed E-state index contributed by atoms with van der Waals surface area (Å²) in [5, 5.41) is 4.91. The molecule has 2 aromatic rings. The van der Waals surface area contributed by atoms with Crippen molar-refractivity contribution in [2.24, 2.45) is 0 Å². The number of aromatic amines is 1. The minimum Gasteiger partial charge on any atom is -0.478 e. The van der Waals surface area contributed by atoms with Crippen molar-refractivity contribution in [2.75, 3.05) is 11.9 Å². The van der Waals surface area contributed by atoms with Gasteiger partial charge in [0.15, 0.2) is 0 Å². The molecule has 0 aliphatic rings. The number of rotatable bonds is 5. The Kier molecular flexibility index (Phi) is 3.77. The number of hydrogen-bond acceptors (Lipinski definition) is 5. The van der Waals surface area contributed by atoms with Gasteiger partial charge in [0.1, 0.15) is 5.82 Å². The van der Waals surface area contributed by atoms with Gasteiger partial charge in [0.25, 0.3) is 0 Å². The lowest BCUT2D eigenvalue weighted by molar-refractivity contribution is 0.327. The van der Waals surface area contributed by atoms with E-state index >= 15 is 0 Å². The zero-order valence-corrected chi connectivity index (χ0v) is 10.2. The van der Waals surface area contributed by atoms with E-state index in [1.807, 2.05) is 19.1 Å². The molecule has 0 bridgehead atoms. The van der Waals surface area contributed by atoms with E-state index in [0.717, 1.165) is 22.8 Å². The largest absolute Gasteiger partial charge is 0.478 e. The summed E-state index contributed by atoms with van der Waals surface area (Å²) in [7, 11) is 0. The van der Waals surface area contributed by atoms with E-state index in [4.69, 9.17) is 4.74 Å². The maximum Gasteiger partial charge on any atom is 0.304 e. The fourth-order valence-corrected chi connectivity index (χ4v) is 1.91. The summed E-state index contributed by atoms with van der Waals surface area (Å²) < 4.78 is 5.30. The second-order valence-electron chi connectivity index (χ2n) is 3.32. The van der Waals surface area contributed by atoms with Crippen LogP contribution in [0.3, 0.4) is 0 Å². The second-order valence-corrected chi connectivity index (χ2v) is 4.16. The predicted octanol–water partition coefficient (Wildman–Crippen LogP) is 1.84. The molecular formula is C11H13N3O2S. The van der Waals surface area contributed by atoms with Gasteiger partial charge in [-0.25, -0.2) is 0 Å². The van der Waals surface area contributed by atoms with Crippen molar-refractivity contribution in [3.63, 3.8) is 0 Å². The van der Waals surface area contributed by atoms with Crippen LogP contribution in [0.25, 0.3) is 0 Å². The molecule has 0 spiro atoms. The molecule has 0 saturated carbocycles. The fourth-order valence-electron chi connectivity index (χ4n) is 1.33. The Hall–Kier alpha value is -1.82. The topological polar surface area (TPSA) is 67.0 Å². The number of ether oxygens (including phenoxy) is 1. The summed E-state index contributed by atoms with van der Waals surface area (Å²) >= 11 is 1.15. The van der Waals surface area contributed by atoms with Crippen LogP contribution in [0.5, 0.6) is 5.88 Å². The molecule has 17 heavy (non-hydrogen) atoms. The first-order valence-electron chi connectivity index (χ1n) is 5.28. The van der Waals surface area contributed by atoms with Crippen LogP contribution < -0.4 is 14.9 Å². The Bertz CT molecular complexity index is 535. The quantitative estimate of drug-likeness (QED) is 0.851. The van der Waals surface area contributed by atoms with Gasteiger partial charge in [-0.15, -0.1) is 0 Å². The van der Waals surface area contributed by atoms with E-state index in [2.05, 4.69) is 15.3 Å². The molecule has 2 N–H and O–H groups in total. The number of pyridine rings is 1. The van der Waals surface area contributed by atoms with Crippen LogP contribution in [0, 0.1) is 0 Å². The van der Waals surface area contributed by atoms with E-state index in [9.17, 15) is 4.79 Å². The van der Waals surface area contributed by atoms with Crippen LogP contribution in [-0.4, -0.2) is 16.6 Å². The molecule has 0 saturated heterocycles. The first-order valence-corrected chi connectivity index (χ1v) is 6.16. The lowest BCUT2D eigenvalue weighted by Crippen LogP contribution is -2.04. The van der Waals surface area contributed by atoms with Gasteiger partial charge in [0.05, 0.1) is 13.2 Å². The van der Waals surface area contributed by atoms with Crippen molar-refractivity contribution in [3.8, 4) is 5.88 Å². The second kappa shape index (κ2) is 5.49. The normalized spacial score (nSPS) is 10.2. The minimum atomic E-state index is -0.0437. The first-order chi connectivity index (χ1) is 8.28. The number of thiazole rings is 1. The van der Waals surface area contributed by atoms with Gasteiger partial charge in [-0.05, 0) is 13.0 Å². The lowest BCUT2D eigenvalue weighted by Gasteiger charge is -2.06. The average Bonchev–Trinajstić information content (AvgIpc) is 2.74. The van der Waals surface area contributed by atoms with Crippen LogP contribution >= 0.6 is 11.3 Å². The summed E-state index contributed by atoms with van der Waals surface area (Å²) in [6, 6.07) is 5.53. The Morgan fingerprint density at radius 3 is 3.12 bits per heavy atom. The summed E-state index contributed by atoms with van der Waals surface area (Å²) in [6.45, 7) is 3.05. The van der Waals surface area contributed by atoms with E-state index in [1.165, 1.54) is 0 Å². The number of H-pyrrole nitrogens is 1. The van der Waals surface area contributed by atoms with Gasteiger partial charge in [-0.3, -0.25) is 4.79 Å². The Balaban J connectivity index is 1.98. The van der Waals surface area contributed by atoms with Crippen molar-refractivity contribution in [1.29, 1.82) is 0 Å². The molecule has 0 amide bonds. The maximum absolute atomic E-state index is 10.9. The van der Waals surface area contributed by atoms with E-state index < -0.39 is 0 Å². The predicted molar refractivity (Wildman–Crippen MR) is 67.7 cm³/mol. The highest BCUT2D eigenvalue weighted by Crippen LogP contribution is 2.12. The number of hydrogen-bond donors (Lipinski definition) is 2. The Morgan fingerprint density at radius 1 is 1.53 bits per heavy atom.